The lowest BCUT2D eigenvalue weighted by molar-refractivity contribution is -0.141. The lowest BCUT2D eigenvalue weighted by Gasteiger charge is -2.32. The molecule has 0 spiro atoms. The summed E-state index contributed by atoms with van der Waals surface area (Å²) in [4.78, 5) is 29.4. The van der Waals surface area contributed by atoms with Crippen molar-refractivity contribution in [3.63, 3.8) is 0 Å². The summed E-state index contributed by atoms with van der Waals surface area (Å²) in [5, 5.41) is 3.63. The Balaban J connectivity index is 1.55. The van der Waals surface area contributed by atoms with E-state index in [1.54, 1.807) is 48.2 Å². The van der Waals surface area contributed by atoms with Crippen LogP contribution in [0.3, 0.4) is 0 Å². The molecule has 8 nitrogen and oxygen atoms in total. The van der Waals surface area contributed by atoms with E-state index in [1.165, 1.54) is 0 Å². The number of hydrogen-bond acceptors (Lipinski definition) is 5. The molecule has 0 aliphatic carbocycles. The number of amides is 2. The van der Waals surface area contributed by atoms with Crippen molar-refractivity contribution in [2.75, 3.05) is 19.7 Å². The van der Waals surface area contributed by atoms with Crippen molar-refractivity contribution in [2.45, 2.75) is 62.6 Å². The zero-order valence-electron chi connectivity index (χ0n) is 23.8. The minimum absolute atomic E-state index is 0.0222. The number of aryl methyl sites for hydroxylation is 1. The number of carbonyl (C=O) groups excluding carboxylic acids is 2. The van der Waals surface area contributed by atoms with E-state index in [4.69, 9.17) is 16.3 Å². The predicted octanol–water partition coefficient (Wildman–Crippen LogP) is 4.51. The summed E-state index contributed by atoms with van der Waals surface area (Å²) in [6.45, 7) is 3.35. The first-order valence-electron chi connectivity index (χ1n) is 14.3. The van der Waals surface area contributed by atoms with Gasteiger partial charge in [-0.15, -0.1) is 0 Å². The Hall–Kier alpha value is -3.24. The molecular formula is C32H38ClN3O5S. The maximum Gasteiger partial charge on any atom is 0.243 e. The van der Waals surface area contributed by atoms with E-state index in [0.717, 1.165) is 29.5 Å². The largest absolute Gasteiger partial charge is 0.376 e. The molecule has 3 aromatic carbocycles. The fraction of sp³-hybridized carbons (Fsp3) is 0.375. The molecule has 4 rings (SSSR count). The number of nitrogens with one attached hydrogen (secondary N) is 2. The van der Waals surface area contributed by atoms with Crippen molar-refractivity contribution in [1.29, 1.82) is 0 Å². The van der Waals surface area contributed by atoms with Gasteiger partial charge in [-0.2, -0.15) is 0 Å². The first-order valence-corrected chi connectivity index (χ1v) is 16.2. The Morgan fingerprint density at radius 3 is 2.31 bits per heavy atom. The van der Waals surface area contributed by atoms with Gasteiger partial charge in [-0.25, -0.2) is 13.1 Å². The van der Waals surface area contributed by atoms with Gasteiger partial charge in [0.25, 0.3) is 0 Å². The second-order valence-electron chi connectivity index (χ2n) is 10.4. The highest BCUT2D eigenvalue weighted by Crippen LogP contribution is 2.20. The van der Waals surface area contributed by atoms with Crippen molar-refractivity contribution in [3.8, 4) is 0 Å². The van der Waals surface area contributed by atoms with Gasteiger partial charge >= 0.3 is 0 Å². The van der Waals surface area contributed by atoms with E-state index in [0.29, 0.717) is 37.6 Å². The maximum absolute atomic E-state index is 13.9. The van der Waals surface area contributed by atoms with E-state index < -0.39 is 16.1 Å². The Labute approximate surface area is 253 Å². The van der Waals surface area contributed by atoms with Crippen molar-refractivity contribution < 1.29 is 22.7 Å². The third-order valence-electron chi connectivity index (χ3n) is 7.26. The average Bonchev–Trinajstić information content (AvgIpc) is 3.52. The summed E-state index contributed by atoms with van der Waals surface area (Å²) >= 11 is 6.11. The highest BCUT2D eigenvalue weighted by molar-refractivity contribution is 7.89. The van der Waals surface area contributed by atoms with Crippen LogP contribution in [-0.2, 0) is 43.7 Å². The maximum atomic E-state index is 13.9. The summed E-state index contributed by atoms with van der Waals surface area (Å²) in [7, 11) is -3.56. The van der Waals surface area contributed by atoms with Crippen LogP contribution in [0.15, 0.2) is 83.8 Å². The highest BCUT2D eigenvalue weighted by Gasteiger charge is 2.31. The number of halogens is 1. The summed E-state index contributed by atoms with van der Waals surface area (Å²) in [6, 6.07) is 22.7. The molecule has 0 saturated carbocycles. The molecule has 1 saturated heterocycles. The molecular weight excluding hydrogens is 574 g/mol. The lowest BCUT2D eigenvalue weighted by atomic mass is 10.0. The van der Waals surface area contributed by atoms with E-state index in [1.807, 2.05) is 42.5 Å². The zero-order valence-corrected chi connectivity index (χ0v) is 25.4. The summed E-state index contributed by atoms with van der Waals surface area (Å²) in [5.41, 5.74) is 2.63. The van der Waals surface area contributed by atoms with Crippen LogP contribution in [0.4, 0.5) is 0 Å². The van der Waals surface area contributed by atoms with Crippen molar-refractivity contribution in [2.24, 2.45) is 0 Å². The third-order valence-corrected chi connectivity index (χ3v) is 9.07. The smallest absolute Gasteiger partial charge is 0.243 e. The first-order chi connectivity index (χ1) is 20.2. The fourth-order valence-corrected chi connectivity index (χ4v) is 6.15. The van der Waals surface area contributed by atoms with E-state index in [9.17, 15) is 18.0 Å². The normalized spacial score (nSPS) is 15.7. The Morgan fingerprint density at radius 1 is 0.976 bits per heavy atom. The summed E-state index contributed by atoms with van der Waals surface area (Å²) in [5.74, 6) is -0.405. The van der Waals surface area contributed by atoms with Crippen LogP contribution in [0.25, 0.3) is 0 Å². The van der Waals surface area contributed by atoms with Crippen LogP contribution in [0.5, 0.6) is 0 Å². The van der Waals surface area contributed by atoms with Gasteiger partial charge in [0.15, 0.2) is 0 Å². The van der Waals surface area contributed by atoms with Gasteiger partial charge in [0.1, 0.15) is 6.04 Å². The average molecular weight is 612 g/mol. The van der Waals surface area contributed by atoms with Crippen LogP contribution in [0, 0.1) is 0 Å². The number of benzene rings is 3. The predicted molar refractivity (Wildman–Crippen MR) is 164 cm³/mol. The molecule has 1 fully saturated rings. The van der Waals surface area contributed by atoms with Crippen molar-refractivity contribution in [1.82, 2.24) is 14.9 Å². The first kappa shape index (κ1) is 31.7. The molecule has 3 aromatic rings. The molecule has 42 heavy (non-hydrogen) atoms. The minimum atomic E-state index is -3.56. The molecule has 0 bridgehead atoms. The van der Waals surface area contributed by atoms with Gasteiger partial charge in [0.05, 0.1) is 11.0 Å². The number of rotatable bonds is 14. The molecule has 0 aromatic heterocycles. The Bertz CT molecular complexity index is 1410. The number of sulfonamides is 1. The Kier molecular flexibility index (Phi) is 11.5. The topological polar surface area (TPSA) is 105 Å². The third kappa shape index (κ3) is 9.13. The number of hydrogen-bond donors (Lipinski definition) is 2. The molecule has 1 heterocycles. The van der Waals surface area contributed by atoms with Crippen LogP contribution in [-0.4, -0.2) is 57.0 Å². The number of ether oxygens (including phenoxy) is 1. The van der Waals surface area contributed by atoms with Gasteiger partial charge in [-0.05, 0) is 60.2 Å². The molecule has 10 heteroatoms. The monoisotopic (exact) mass is 611 g/mol. The molecule has 2 N–H and O–H groups in total. The highest BCUT2D eigenvalue weighted by atomic mass is 35.5. The van der Waals surface area contributed by atoms with Gasteiger partial charge in [-0.1, -0.05) is 73.1 Å². The molecule has 1 aliphatic rings. The number of nitrogens with zero attached hydrogens (tertiary/aromatic N) is 1. The van der Waals surface area contributed by atoms with Crippen LogP contribution in [0.2, 0.25) is 5.02 Å². The summed E-state index contributed by atoms with van der Waals surface area (Å²) < 4.78 is 32.8. The second-order valence-corrected chi connectivity index (χ2v) is 12.6. The van der Waals surface area contributed by atoms with Crippen molar-refractivity contribution in [3.05, 3.63) is 101 Å². The SMILES string of the molecule is CCNS(=O)(=O)c1ccc(CCC(=O)N(Cc2ccc(Cl)cc2)C(Cc2ccccc2)C(=O)NCC2CCCO2)cc1. The van der Waals surface area contributed by atoms with Gasteiger partial charge in [-0.3, -0.25) is 9.59 Å². The lowest BCUT2D eigenvalue weighted by Crippen LogP contribution is -2.51. The standard InChI is InChI=1S/C32H38ClN3O5S/c1-2-35-42(39,40)29-17-12-24(13-18-29)14-19-31(37)36(23-26-10-15-27(33)16-11-26)30(21-25-7-4-3-5-8-25)32(38)34-22-28-9-6-20-41-28/h3-5,7-8,10-13,15-18,28,30,35H,2,6,9,14,19-23H2,1H3,(H,34,38). The number of carbonyl (C=O) groups is 2. The minimum Gasteiger partial charge on any atom is -0.376 e. The molecule has 2 unspecified atom stereocenters. The molecule has 224 valence electrons. The zero-order chi connectivity index (χ0) is 30.0. The molecule has 2 amide bonds. The fourth-order valence-electron chi connectivity index (χ4n) is 4.98. The van der Waals surface area contributed by atoms with Crippen molar-refractivity contribution >= 4 is 33.4 Å². The van der Waals surface area contributed by atoms with Gasteiger partial charge in [0, 0.05) is 44.1 Å². The quantitative estimate of drug-likeness (QED) is 0.279. The van der Waals surface area contributed by atoms with E-state index in [-0.39, 0.29) is 35.8 Å². The Morgan fingerprint density at radius 2 is 1.67 bits per heavy atom. The molecule has 2 atom stereocenters. The van der Waals surface area contributed by atoms with Crippen LogP contribution < -0.4 is 10.0 Å². The second kappa shape index (κ2) is 15.3. The summed E-state index contributed by atoms with van der Waals surface area (Å²) in [6.07, 6.45) is 2.74. The van der Waals surface area contributed by atoms with Gasteiger partial charge in [0.2, 0.25) is 21.8 Å². The van der Waals surface area contributed by atoms with Gasteiger partial charge < -0.3 is 15.0 Å². The molecule has 1 aliphatic heterocycles. The van der Waals surface area contributed by atoms with E-state index in [2.05, 4.69) is 10.0 Å². The molecule has 0 radical (unpaired) electrons. The van der Waals surface area contributed by atoms with Crippen LogP contribution in [0.1, 0.15) is 42.9 Å². The van der Waals surface area contributed by atoms with Crippen LogP contribution >= 0.6 is 11.6 Å². The van der Waals surface area contributed by atoms with E-state index >= 15 is 0 Å².